The van der Waals surface area contributed by atoms with E-state index in [-0.39, 0.29) is 22.3 Å². The number of alkyl halides is 3. The Morgan fingerprint density at radius 2 is 1.85 bits per heavy atom. The molecule has 0 radical (unpaired) electrons. The molecule has 0 aliphatic carbocycles. The summed E-state index contributed by atoms with van der Waals surface area (Å²) >= 11 is 0.289. The second-order valence-electron chi connectivity index (χ2n) is 3.49. The Labute approximate surface area is 115 Å². The molecular weight excluding hydrogens is 297 g/mol. The monoisotopic (exact) mass is 304 g/mol. The summed E-state index contributed by atoms with van der Waals surface area (Å²) in [6.45, 7) is 0. The zero-order valence-electron chi connectivity index (χ0n) is 9.97. The first-order valence-corrected chi connectivity index (χ1v) is 5.99. The molecule has 0 aliphatic heterocycles. The molecule has 0 bridgehead atoms. The van der Waals surface area contributed by atoms with Crippen molar-refractivity contribution in [2.75, 3.05) is 7.11 Å². The van der Waals surface area contributed by atoms with Gasteiger partial charge in [0.2, 0.25) is 5.01 Å². The topological polar surface area (TPSA) is 61.3 Å². The fourth-order valence-electron chi connectivity index (χ4n) is 1.24. The zero-order chi connectivity index (χ0) is 14.8. The molecule has 0 saturated heterocycles. The number of hydrogen-bond donors (Lipinski definition) is 0. The molecular formula is C11H7F3N2O3S. The van der Waals surface area contributed by atoms with Crippen molar-refractivity contribution in [3.8, 4) is 10.9 Å². The molecule has 0 amide bonds. The average Bonchev–Trinajstić information content (AvgIpc) is 2.87. The smallest absolute Gasteiger partial charge is 0.445 e. The summed E-state index contributed by atoms with van der Waals surface area (Å²) in [5, 5.41) is 4.96. The fourth-order valence-corrected chi connectivity index (χ4v) is 1.83. The van der Waals surface area contributed by atoms with Gasteiger partial charge in [0.15, 0.2) is 0 Å². The van der Waals surface area contributed by atoms with Gasteiger partial charge >= 0.3 is 12.1 Å². The van der Waals surface area contributed by atoms with Crippen LogP contribution in [0.15, 0.2) is 24.3 Å². The highest BCUT2D eigenvalue weighted by atomic mass is 32.1. The number of rotatable bonds is 3. The normalized spacial score (nSPS) is 11.2. The number of ether oxygens (including phenoxy) is 2. The lowest BCUT2D eigenvalue weighted by atomic mass is 10.2. The van der Waals surface area contributed by atoms with Crippen LogP contribution < -0.4 is 4.74 Å². The van der Waals surface area contributed by atoms with E-state index >= 15 is 0 Å². The first-order valence-electron chi connectivity index (χ1n) is 5.17. The summed E-state index contributed by atoms with van der Waals surface area (Å²) in [5.74, 6) is -0.283. The van der Waals surface area contributed by atoms with Gasteiger partial charge in [-0.05, 0) is 24.3 Å². The van der Waals surface area contributed by atoms with Crippen molar-refractivity contribution < 1.29 is 27.4 Å². The van der Waals surface area contributed by atoms with E-state index < -0.39 is 17.2 Å². The Morgan fingerprint density at radius 3 is 2.35 bits per heavy atom. The van der Waals surface area contributed by atoms with Gasteiger partial charge in [0.05, 0.1) is 12.7 Å². The van der Waals surface area contributed by atoms with Crippen LogP contribution >= 0.6 is 11.3 Å². The molecule has 20 heavy (non-hydrogen) atoms. The van der Waals surface area contributed by atoms with Crippen LogP contribution in [0.2, 0.25) is 0 Å². The molecule has 1 heterocycles. The molecule has 9 heteroatoms. The van der Waals surface area contributed by atoms with Crippen molar-refractivity contribution >= 4 is 17.3 Å². The summed E-state index contributed by atoms with van der Waals surface area (Å²) in [5.41, 5.74) is 0.299. The molecule has 0 unspecified atom stereocenters. The van der Waals surface area contributed by atoms with Gasteiger partial charge in [-0.2, -0.15) is 13.2 Å². The molecule has 106 valence electrons. The SMILES string of the molecule is COC(=O)c1ccc(Oc2nnc(C(F)(F)F)s2)cc1. The third-order valence-electron chi connectivity index (χ3n) is 2.13. The Hall–Kier alpha value is -2.16. The lowest BCUT2D eigenvalue weighted by Crippen LogP contribution is -2.03. The highest BCUT2D eigenvalue weighted by molar-refractivity contribution is 7.13. The minimum atomic E-state index is -4.55. The number of hydrogen-bond acceptors (Lipinski definition) is 6. The van der Waals surface area contributed by atoms with Crippen molar-refractivity contribution in [2.45, 2.75) is 6.18 Å². The molecule has 0 spiro atoms. The predicted molar refractivity (Wildman–Crippen MR) is 62.8 cm³/mol. The summed E-state index contributed by atoms with van der Waals surface area (Å²) in [7, 11) is 1.24. The number of esters is 1. The van der Waals surface area contributed by atoms with Crippen LogP contribution in [0, 0.1) is 0 Å². The van der Waals surface area contributed by atoms with E-state index in [0.717, 1.165) is 0 Å². The average molecular weight is 304 g/mol. The molecule has 0 aliphatic rings. The van der Waals surface area contributed by atoms with E-state index in [0.29, 0.717) is 5.56 Å². The van der Waals surface area contributed by atoms with Crippen LogP contribution in [0.5, 0.6) is 10.9 Å². The van der Waals surface area contributed by atoms with Crippen LogP contribution in [0.1, 0.15) is 15.4 Å². The molecule has 5 nitrogen and oxygen atoms in total. The molecule has 2 rings (SSSR count). The number of halogens is 3. The van der Waals surface area contributed by atoms with Gasteiger partial charge in [0.25, 0.3) is 5.19 Å². The molecule has 0 N–H and O–H groups in total. The highest BCUT2D eigenvalue weighted by Crippen LogP contribution is 2.35. The Kier molecular flexibility index (Phi) is 3.89. The van der Waals surface area contributed by atoms with E-state index in [9.17, 15) is 18.0 Å². The van der Waals surface area contributed by atoms with E-state index in [4.69, 9.17) is 4.74 Å². The van der Waals surface area contributed by atoms with Crippen molar-refractivity contribution in [2.24, 2.45) is 0 Å². The van der Waals surface area contributed by atoms with Gasteiger partial charge in [0.1, 0.15) is 5.75 Å². The lowest BCUT2D eigenvalue weighted by molar-refractivity contribution is -0.138. The Morgan fingerprint density at radius 1 is 1.20 bits per heavy atom. The summed E-state index contributed by atoms with van der Waals surface area (Å²) in [6.07, 6.45) is -4.55. The van der Waals surface area contributed by atoms with Gasteiger partial charge in [0, 0.05) is 0 Å². The van der Waals surface area contributed by atoms with Crippen LogP contribution in [0.4, 0.5) is 13.2 Å². The Bertz CT molecular complexity index is 610. The standard InChI is InChI=1S/C11H7F3N2O3S/c1-18-8(17)6-2-4-7(5-3-6)19-10-16-15-9(20-10)11(12,13)14/h2-5H,1H3. The maximum Gasteiger partial charge on any atom is 0.445 e. The van der Waals surface area contributed by atoms with Crippen LogP contribution in [0.3, 0.4) is 0 Å². The third kappa shape index (κ3) is 3.23. The van der Waals surface area contributed by atoms with Crippen molar-refractivity contribution in [1.29, 1.82) is 0 Å². The second kappa shape index (κ2) is 5.45. The van der Waals surface area contributed by atoms with Gasteiger partial charge in [-0.15, -0.1) is 5.10 Å². The highest BCUT2D eigenvalue weighted by Gasteiger charge is 2.36. The fraction of sp³-hybridized carbons (Fsp3) is 0.182. The minimum Gasteiger partial charge on any atom is -0.465 e. The maximum absolute atomic E-state index is 12.3. The predicted octanol–water partition coefficient (Wildman–Crippen LogP) is 3.14. The van der Waals surface area contributed by atoms with E-state index in [1.54, 1.807) is 0 Å². The molecule has 1 aromatic carbocycles. The summed E-state index contributed by atoms with van der Waals surface area (Å²) in [6, 6.07) is 5.68. The quantitative estimate of drug-likeness (QED) is 0.815. The van der Waals surface area contributed by atoms with E-state index in [1.165, 1.54) is 31.4 Å². The van der Waals surface area contributed by atoms with Gasteiger partial charge in [-0.1, -0.05) is 16.4 Å². The first-order chi connectivity index (χ1) is 9.40. The van der Waals surface area contributed by atoms with Gasteiger partial charge in [-0.25, -0.2) is 4.79 Å². The number of carbonyl (C=O) groups is 1. The molecule has 1 aromatic heterocycles. The molecule has 0 saturated carbocycles. The summed E-state index contributed by atoms with van der Waals surface area (Å²) in [4.78, 5) is 11.2. The molecule has 2 aromatic rings. The zero-order valence-corrected chi connectivity index (χ0v) is 10.8. The van der Waals surface area contributed by atoms with Crippen molar-refractivity contribution in [3.63, 3.8) is 0 Å². The number of nitrogens with zero attached hydrogens (tertiary/aromatic N) is 2. The maximum atomic E-state index is 12.3. The van der Waals surface area contributed by atoms with Crippen molar-refractivity contribution in [3.05, 3.63) is 34.8 Å². The third-order valence-corrected chi connectivity index (χ3v) is 2.98. The van der Waals surface area contributed by atoms with Crippen LogP contribution in [-0.4, -0.2) is 23.3 Å². The van der Waals surface area contributed by atoms with Crippen LogP contribution in [0.25, 0.3) is 0 Å². The summed E-state index contributed by atoms with van der Waals surface area (Å²) < 4.78 is 46.6. The van der Waals surface area contributed by atoms with Crippen molar-refractivity contribution in [1.82, 2.24) is 10.2 Å². The minimum absolute atomic E-state index is 0.233. The Balaban J connectivity index is 2.10. The number of benzene rings is 1. The molecule has 0 fully saturated rings. The van der Waals surface area contributed by atoms with Gasteiger partial charge < -0.3 is 9.47 Å². The number of methoxy groups -OCH3 is 1. The first kappa shape index (κ1) is 14.3. The lowest BCUT2D eigenvalue weighted by Gasteiger charge is -2.02. The van der Waals surface area contributed by atoms with E-state index in [2.05, 4.69) is 14.9 Å². The van der Waals surface area contributed by atoms with Gasteiger partial charge in [-0.3, -0.25) is 0 Å². The largest absolute Gasteiger partial charge is 0.465 e. The van der Waals surface area contributed by atoms with Crippen LogP contribution in [-0.2, 0) is 10.9 Å². The number of aromatic nitrogens is 2. The number of carbonyl (C=O) groups excluding carboxylic acids is 1. The van der Waals surface area contributed by atoms with E-state index in [1.807, 2.05) is 0 Å². The second-order valence-corrected chi connectivity index (χ2v) is 4.43. The molecule has 0 atom stereocenters.